The zero-order chi connectivity index (χ0) is 22.4. The Labute approximate surface area is 185 Å². The van der Waals surface area contributed by atoms with Crippen LogP contribution in [0.2, 0.25) is 0 Å². The fourth-order valence-electron chi connectivity index (χ4n) is 5.58. The minimum absolute atomic E-state index is 0.00676. The molecule has 2 aromatic carbocycles. The molecule has 0 spiro atoms. The SMILES string of the molecule is Cn1ncc(C2CCC3C(=O)NNC(CN)C3C2)c1-c1c(F)cc2ccccc2c1C#N. The fraction of sp³-hybridized carbons (Fsp3) is 0.375. The lowest BCUT2D eigenvalue weighted by Crippen LogP contribution is -2.62. The van der Waals surface area contributed by atoms with E-state index < -0.39 is 5.82 Å². The lowest BCUT2D eigenvalue weighted by atomic mass is 9.68. The number of nitriles is 1. The molecule has 1 aliphatic heterocycles. The zero-order valence-corrected chi connectivity index (χ0v) is 17.8. The van der Waals surface area contributed by atoms with Crippen LogP contribution < -0.4 is 16.6 Å². The summed E-state index contributed by atoms with van der Waals surface area (Å²) in [5.41, 5.74) is 13.9. The van der Waals surface area contributed by atoms with Gasteiger partial charge < -0.3 is 5.73 Å². The van der Waals surface area contributed by atoms with Crippen LogP contribution in [0, 0.1) is 29.0 Å². The second-order valence-corrected chi connectivity index (χ2v) is 8.77. The summed E-state index contributed by atoms with van der Waals surface area (Å²) < 4.78 is 17.1. The Morgan fingerprint density at radius 1 is 1.34 bits per heavy atom. The number of halogens is 1. The average molecular weight is 433 g/mol. The molecule has 0 bridgehead atoms. The van der Waals surface area contributed by atoms with Crippen molar-refractivity contribution in [2.75, 3.05) is 6.54 Å². The molecule has 2 heterocycles. The van der Waals surface area contributed by atoms with Crippen LogP contribution in [-0.4, -0.2) is 28.3 Å². The van der Waals surface area contributed by atoms with E-state index in [2.05, 4.69) is 22.0 Å². The molecule has 2 aliphatic rings. The maximum absolute atomic E-state index is 15.4. The number of nitrogens with zero attached hydrogens (tertiary/aromatic N) is 3. The number of amides is 1. The van der Waals surface area contributed by atoms with Gasteiger partial charge in [0.05, 0.1) is 23.0 Å². The number of benzene rings is 2. The topological polar surface area (TPSA) is 109 Å². The van der Waals surface area contributed by atoms with Gasteiger partial charge in [0.15, 0.2) is 0 Å². The van der Waals surface area contributed by atoms with Gasteiger partial charge in [-0.05, 0) is 42.6 Å². The van der Waals surface area contributed by atoms with Gasteiger partial charge in [-0.15, -0.1) is 0 Å². The maximum atomic E-state index is 15.4. The van der Waals surface area contributed by atoms with E-state index in [4.69, 9.17) is 5.73 Å². The van der Waals surface area contributed by atoms with Gasteiger partial charge in [0.25, 0.3) is 0 Å². The minimum atomic E-state index is -0.433. The van der Waals surface area contributed by atoms with Crippen LogP contribution in [0.5, 0.6) is 0 Å². The number of rotatable bonds is 3. The van der Waals surface area contributed by atoms with Crippen molar-refractivity contribution in [3.8, 4) is 17.3 Å². The lowest BCUT2D eigenvalue weighted by molar-refractivity contribution is -0.133. The molecule has 3 aromatic rings. The largest absolute Gasteiger partial charge is 0.329 e. The molecular weight excluding hydrogens is 407 g/mol. The number of aryl methyl sites for hydroxylation is 1. The lowest BCUT2D eigenvalue weighted by Gasteiger charge is -2.43. The first-order chi connectivity index (χ1) is 15.5. The highest BCUT2D eigenvalue weighted by atomic mass is 19.1. The van der Waals surface area contributed by atoms with Gasteiger partial charge in [0.2, 0.25) is 5.91 Å². The number of nitrogens with two attached hydrogens (primary N) is 1. The van der Waals surface area contributed by atoms with Crippen molar-refractivity contribution in [2.45, 2.75) is 31.2 Å². The second-order valence-electron chi connectivity index (χ2n) is 8.77. The summed E-state index contributed by atoms with van der Waals surface area (Å²) in [6.45, 7) is 0.423. The molecule has 1 amide bonds. The van der Waals surface area contributed by atoms with Crippen molar-refractivity contribution in [1.29, 1.82) is 5.26 Å². The molecule has 2 fully saturated rings. The molecule has 1 aliphatic carbocycles. The van der Waals surface area contributed by atoms with Crippen molar-refractivity contribution in [3.63, 3.8) is 0 Å². The third-order valence-corrected chi connectivity index (χ3v) is 7.14. The number of carbonyl (C=O) groups excluding carboxylic acids is 1. The van der Waals surface area contributed by atoms with Crippen LogP contribution in [-0.2, 0) is 11.8 Å². The molecule has 32 heavy (non-hydrogen) atoms. The molecule has 164 valence electrons. The quantitative estimate of drug-likeness (QED) is 0.590. The molecule has 4 unspecified atom stereocenters. The highest BCUT2D eigenvalue weighted by molar-refractivity contribution is 5.94. The van der Waals surface area contributed by atoms with Gasteiger partial charge >= 0.3 is 0 Å². The summed E-state index contributed by atoms with van der Waals surface area (Å²) in [7, 11) is 1.78. The molecule has 1 saturated heterocycles. The zero-order valence-electron chi connectivity index (χ0n) is 17.8. The van der Waals surface area contributed by atoms with Crippen LogP contribution in [0.1, 0.15) is 36.3 Å². The van der Waals surface area contributed by atoms with E-state index in [1.54, 1.807) is 17.9 Å². The van der Waals surface area contributed by atoms with E-state index in [1.165, 1.54) is 6.07 Å². The number of nitrogens with one attached hydrogen (secondary N) is 2. The predicted octanol–water partition coefficient (Wildman–Crippen LogP) is 2.71. The molecule has 8 heteroatoms. The Bertz CT molecular complexity index is 1250. The molecule has 1 saturated carbocycles. The van der Waals surface area contributed by atoms with E-state index in [0.717, 1.165) is 30.2 Å². The van der Waals surface area contributed by atoms with Crippen molar-refractivity contribution in [2.24, 2.45) is 24.6 Å². The molecule has 0 radical (unpaired) electrons. The van der Waals surface area contributed by atoms with Gasteiger partial charge in [0.1, 0.15) is 11.9 Å². The number of carbonyl (C=O) groups is 1. The van der Waals surface area contributed by atoms with Crippen molar-refractivity contribution >= 4 is 16.7 Å². The van der Waals surface area contributed by atoms with Crippen LogP contribution in [0.4, 0.5) is 4.39 Å². The third kappa shape index (κ3) is 3.17. The van der Waals surface area contributed by atoms with E-state index >= 15 is 4.39 Å². The van der Waals surface area contributed by atoms with Crippen LogP contribution >= 0.6 is 0 Å². The summed E-state index contributed by atoms with van der Waals surface area (Å²) >= 11 is 0. The normalized spacial score (nSPS) is 25.2. The highest BCUT2D eigenvalue weighted by Crippen LogP contribution is 2.45. The summed E-state index contributed by atoms with van der Waals surface area (Å²) in [6.07, 6.45) is 4.06. The maximum Gasteiger partial charge on any atom is 0.237 e. The molecule has 5 rings (SSSR count). The van der Waals surface area contributed by atoms with Gasteiger partial charge in [-0.25, -0.2) is 9.82 Å². The number of aromatic nitrogens is 2. The molecule has 1 aromatic heterocycles. The highest BCUT2D eigenvalue weighted by Gasteiger charge is 2.43. The Hall–Kier alpha value is -3.28. The number of hydrogen-bond donors (Lipinski definition) is 3. The van der Waals surface area contributed by atoms with Crippen LogP contribution in [0.3, 0.4) is 0 Å². The number of fused-ring (bicyclic) bond motifs is 2. The first kappa shape index (κ1) is 20.6. The molecule has 4 N–H and O–H groups in total. The summed E-state index contributed by atoms with van der Waals surface area (Å²) in [5.74, 6) is -0.306. The summed E-state index contributed by atoms with van der Waals surface area (Å²) in [4.78, 5) is 12.4. The van der Waals surface area contributed by atoms with Gasteiger partial charge in [-0.3, -0.25) is 14.9 Å². The summed E-state index contributed by atoms with van der Waals surface area (Å²) in [6, 6.07) is 11.0. The van der Waals surface area contributed by atoms with E-state index in [9.17, 15) is 10.1 Å². The first-order valence-corrected chi connectivity index (χ1v) is 10.9. The van der Waals surface area contributed by atoms with E-state index in [0.29, 0.717) is 28.8 Å². The predicted molar refractivity (Wildman–Crippen MR) is 119 cm³/mol. The monoisotopic (exact) mass is 432 g/mol. The van der Waals surface area contributed by atoms with Crippen LogP contribution in [0.15, 0.2) is 36.5 Å². The Kier molecular flexibility index (Phi) is 5.16. The van der Waals surface area contributed by atoms with Crippen molar-refractivity contribution in [3.05, 3.63) is 53.5 Å². The first-order valence-electron chi connectivity index (χ1n) is 10.9. The molecule has 7 nitrogen and oxygen atoms in total. The van der Waals surface area contributed by atoms with Gasteiger partial charge in [0, 0.05) is 36.5 Å². The molecular formula is C24H25FN6O. The van der Waals surface area contributed by atoms with Crippen LogP contribution in [0.25, 0.3) is 22.0 Å². The summed E-state index contributed by atoms with van der Waals surface area (Å²) in [5, 5.41) is 15.8. The Morgan fingerprint density at radius 2 is 2.16 bits per heavy atom. The number of hydrazine groups is 1. The van der Waals surface area contributed by atoms with Gasteiger partial charge in [-0.1, -0.05) is 24.3 Å². The van der Waals surface area contributed by atoms with Gasteiger partial charge in [-0.2, -0.15) is 10.4 Å². The fourth-order valence-corrected chi connectivity index (χ4v) is 5.58. The Morgan fingerprint density at radius 3 is 2.94 bits per heavy atom. The Balaban J connectivity index is 1.61. The third-order valence-electron chi connectivity index (χ3n) is 7.14. The standard InChI is InChI=1S/C24H25FN6O/c1-31-23(22-18(10-26)15-5-3-2-4-13(15)9-20(22)25)19(12-28-31)14-6-7-16-17(8-14)21(11-27)29-30-24(16)32/h2-5,9,12,14,16-17,21,29H,6-8,11,27H2,1H3,(H,30,32). The van der Waals surface area contributed by atoms with Crippen molar-refractivity contribution < 1.29 is 9.18 Å². The van der Waals surface area contributed by atoms with Crippen molar-refractivity contribution in [1.82, 2.24) is 20.6 Å². The average Bonchev–Trinajstić information content (AvgIpc) is 3.19. The smallest absolute Gasteiger partial charge is 0.237 e. The molecule has 4 atom stereocenters. The van der Waals surface area contributed by atoms with E-state index in [1.807, 2.05) is 24.3 Å². The minimum Gasteiger partial charge on any atom is -0.329 e. The second kappa shape index (κ2) is 8.01. The van der Waals surface area contributed by atoms with E-state index in [-0.39, 0.29) is 29.7 Å². The number of hydrogen-bond acceptors (Lipinski definition) is 5.